The second-order valence-corrected chi connectivity index (χ2v) is 10.3. The molecule has 0 spiro atoms. The number of nitrogens with one attached hydrogen (secondary N) is 1. The molecule has 2 aliphatic carbocycles. The van der Waals surface area contributed by atoms with Gasteiger partial charge in [0.2, 0.25) is 5.91 Å². The van der Waals surface area contributed by atoms with Crippen molar-refractivity contribution in [1.29, 1.82) is 0 Å². The molecule has 9 nitrogen and oxygen atoms in total. The monoisotopic (exact) mass is 556 g/mol. The molecule has 40 heavy (non-hydrogen) atoms. The van der Waals surface area contributed by atoms with E-state index in [0.29, 0.717) is 17.9 Å². The van der Waals surface area contributed by atoms with E-state index in [-0.39, 0.29) is 35.4 Å². The van der Waals surface area contributed by atoms with Gasteiger partial charge in [-0.25, -0.2) is 4.39 Å². The van der Waals surface area contributed by atoms with Gasteiger partial charge in [-0.1, -0.05) is 44.2 Å². The van der Waals surface area contributed by atoms with Crippen molar-refractivity contribution in [3.63, 3.8) is 0 Å². The Bertz CT molecular complexity index is 1190. The second kappa shape index (κ2) is 14.5. The first-order valence-corrected chi connectivity index (χ1v) is 13.7. The molecule has 2 aromatic carbocycles. The maximum Gasteiger partial charge on any atom is 0.253 e. The summed E-state index contributed by atoms with van der Waals surface area (Å²) in [7, 11) is 4.53. The Hall–Kier alpha value is -3.82. The molecule has 0 aliphatic heterocycles. The fourth-order valence-electron chi connectivity index (χ4n) is 5.06. The van der Waals surface area contributed by atoms with E-state index in [1.807, 2.05) is 0 Å². The molecule has 2 amide bonds. The van der Waals surface area contributed by atoms with Crippen LogP contribution in [0.25, 0.3) is 0 Å². The van der Waals surface area contributed by atoms with Crippen LogP contribution in [0, 0.1) is 11.7 Å². The number of methoxy groups -OCH3 is 3. The molecule has 2 aromatic rings. The Kier molecular flexibility index (Phi) is 11.2. The van der Waals surface area contributed by atoms with E-state index in [1.54, 1.807) is 37.4 Å². The predicted octanol–water partition coefficient (Wildman–Crippen LogP) is 4.35. The highest BCUT2D eigenvalue weighted by atomic mass is 19.1. The molecule has 0 saturated heterocycles. The highest BCUT2D eigenvalue weighted by Gasteiger charge is 2.45. The Morgan fingerprint density at radius 1 is 0.950 bits per heavy atom. The first-order valence-electron chi connectivity index (χ1n) is 13.7. The van der Waals surface area contributed by atoms with Gasteiger partial charge in [0.15, 0.2) is 29.0 Å². The summed E-state index contributed by atoms with van der Waals surface area (Å²) in [5.41, 5.74) is 11.6. The first-order chi connectivity index (χ1) is 19.2. The van der Waals surface area contributed by atoms with Gasteiger partial charge < -0.3 is 31.0 Å². The number of ether oxygens (including phenoxy) is 3. The van der Waals surface area contributed by atoms with Crippen LogP contribution in [0.1, 0.15) is 68.9 Å². The molecule has 0 unspecified atom stereocenters. The predicted molar refractivity (Wildman–Crippen MR) is 152 cm³/mol. The molecule has 0 bridgehead atoms. The highest BCUT2D eigenvalue weighted by Crippen LogP contribution is 2.46. The fraction of sp³-hybridized carbons (Fsp3) is 0.500. The van der Waals surface area contributed by atoms with Gasteiger partial charge in [0.1, 0.15) is 0 Å². The summed E-state index contributed by atoms with van der Waals surface area (Å²) in [6, 6.07) is 10.1. The summed E-state index contributed by atoms with van der Waals surface area (Å²) in [5, 5.41) is 3.18. The lowest BCUT2D eigenvalue weighted by atomic mass is 9.86. The number of hydrogen-bond acceptors (Lipinski definition) is 5. The number of benzene rings is 2. The van der Waals surface area contributed by atoms with Crippen molar-refractivity contribution in [2.45, 2.75) is 69.7 Å². The van der Waals surface area contributed by atoms with Crippen molar-refractivity contribution < 1.29 is 28.2 Å². The van der Waals surface area contributed by atoms with Crippen LogP contribution < -0.4 is 31.0 Å². The number of carbonyl (C=O) groups is 2. The van der Waals surface area contributed by atoms with Crippen molar-refractivity contribution in [2.24, 2.45) is 22.4 Å². The fourth-order valence-corrected chi connectivity index (χ4v) is 5.06. The largest absolute Gasteiger partial charge is 0.494 e. The SMILES string of the molecule is COc1cc(C2(NC(=O)CCC3CCCCC3)CC2)ccc1F.COc1ccc(CC(=O)N=C(N)N)cc1OC. The van der Waals surface area contributed by atoms with Crippen LogP contribution in [0.3, 0.4) is 0 Å². The molecule has 10 heteroatoms. The Balaban J connectivity index is 0.000000232. The average Bonchev–Trinajstić information content (AvgIpc) is 3.72. The van der Waals surface area contributed by atoms with Gasteiger partial charge in [-0.15, -0.1) is 0 Å². The van der Waals surface area contributed by atoms with E-state index in [4.69, 9.17) is 25.7 Å². The van der Waals surface area contributed by atoms with Crippen molar-refractivity contribution in [3.8, 4) is 17.2 Å². The average molecular weight is 557 g/mol. The molecule has 218 valence electrons. The Morgan fingerprint density at radius 2 is 1.62 bits per heavy atom. The molecular formula is C30H41FN4O5. The minimum absolute atomic E-state index is 0.109. The molecular weight excluding hydrogens is 515 g/mol. The van der Waals surface area contributed by atoms with Crippen LogP contribution in [-0.2, 0) is 21.5 Å². The van der Waals surface area contributed by atoms with Gasteiger partial charge in [-0.2, -0.15) is 4.99 Å². The molecule has 0 aromatic heterocycles. The van der Waals surface area contributed by atoms with Gasteiger partial charge in [0.25, 0.3) is 5.91 Å². The number of nitrogens with two attached hydrogens (primary N) is 2. The van der Waals surface area contributed by atoms with Gasteiger partial charge in [0, 0.05) is 6.42 Å². The van der Waals surface area contributed by atoms with Gasteiger partial charge in [0.05, 0.1) is 33.3 Å². The molecule has 2 fully saturated rings. The van der Waals surface area contributed by atoms with Gasteiger partial charge in [-0.05, 0) is 60.6 Å². The molecule has 0 heterocycles. The zero-order chi connectivity index (χ0) is 29.1. The van der Waals surface area contributed by atoms with Crippen LogP contribution in [-0.4, -0.2) is 39.1 Å². The minimum atomic E-state index is -0.405. The molecule has 0 atom stereocenters. The number of aliphatic imine (C=N–C) groups is 1. The summed E-state index contributed by atoms with van der Waals surface area (Å²) in [4.78, 5) is 27.1. The number of halogens is 1. The summed E-state index contributed by atoms with van der Waals surface area (Å²) >= 11 is 0. The van der Waals surface area contributed by atoms with Crippen LogP contribution in [0.5, 0.6) is 17.2 Å². The number of nitrogens with zero attached hydrogens (tertiary/aromatic N) is 1. The smallest absolute Gasteiger partial charge is 0.253 e. The van der Waals surface area contributed by atoms with E-state index >= 15 is 0 Å². The zero-order valence-electron chi connectivity index (χ0n) is 23.6. The third kappa shape index (κ3) is 8.86. The number of guanidine groups is 1. The Morgan fingerprint density at radius 3 is 2.23 bits per heavy atom. The lowest BCUT2D eigenvalue weighted by molar-refractivity contribution is -0.122. The lowest BCUT2D eigenvalue weighted by Gasteiger charge is -2.22. The minimum Gasteiger partial charge on any atom is -0.494 e. The van der Waals surface area contributed by atoms with E-state index in [2.05, 4.69) is 10.3 Å². The Labute approximate surface area is 235 Å². The summed E-state index contributed by atoms with van der Waals surface area (Å²) in [6.07, 6.45) is 10.0. The summed E-state index contributed by atoms with van der Waals surface area (Å²) in [5.74, 6) is 1.23. The third-order valence-electron chi connectivity index (χ3n) is 7.39. The van der Waals surface area contributed by atoms with Crippen molar-refractivity contribution >= 4 is 17.8 Å². The number of hydrogen-bond donors (Lipinski definition) is 3. The molecule has 0 radical (unpaired) electrons. The molecule has 4 rings (SSSR count). The molecule has 2 saturated carbocycles. The van der Waals surface area contributed by atoms with E-state index in [9.17, 15) is 14.0 Å². The lowest BCUT2D eigenvalue weighted by Crippen LogP contribution is -2.35. The van der Waals surface area contributed by atoms with Crippen LogP contribution in [0.2, 0.25) is 0 Å². The summed E-state index contributed by atoms with van der Waals surface area (Å²) in [6.45, 7) is 0. The molecule has 2 aliphatic rings. The zero-order valence-corrected chi connectivity index (χ0v) is 23.6. The number of rotatable bonds is 10. The maximum absolute atomic E-state index is 13.6. The van der Waals surface area contributed by atoms with Crippen LogP contribution in [0.4, 0.5) is 4.39 Å². The van der Waals surface area contributed by atoms with Crippen LogP contribution >= 0.6 is 0 Å². The second-order valence-electron chi connectivity index (χ2n) is 10.3. The van der Waals surface area contributed by atoms with Crippen LogP contribution in [0.15, 0.2) is 41.4 Å². The van der Waals surface area contributed by atoms with E-state index < -0.39 is 5.91 Å². The van der Waals surface area contributed by atoms with Gasteiger partial charge in [-0.3, -0.25) is 9.59 Å². The van der Waals surface area contributed by atoms with Crippen molar-refractivity contribution in [1.82, 2.24) is 5.32 Å². The topological polar surface area (TPSA) is 138 Å². The third-order valence-corrected chi connectivity index (χ3v) is 7.39. The molecule has 5 N–H and O–H groups in total. The highest BCUT2D eigenvalue weighted by molar-refractivity contribution is 5.92. The van der Waals surface area contributed by atoms with Gasteiger partial charge >= 0.3 is 0 Å². The van der Waals surface area contributed by atoms with E-state index in [1.165, 1.54) is 52.4 Å². The van der Waals surface area contributed by atoms with E-state index in [0.717, 1.165) is 36.3 Å². The first kappa shape index (κ1) is 30.7. The maximum atomic E-state index is 13.6. The normalized spacial score (nSPS) is 15.6. The van der Waals surface area contributed by atoms with Crippen molar-refractivity contribution in [2.75, 3.05) is 21.3 Å². The van der Waals surface area contributed by atoms with Crippen molar-refractivity contribution in [3.05, 3.63) is 53.3 Å². The standard InChI is InChI=1S/C19H26FNO2.C11H15N3O3/c1-23-17-13-15(8-9-16(17)20)19(11-12-19)21-18(22)10-7-14-5-3-2-4-6-14;1-16-8-4-3-7(5-9(8)17-2)6-10(15)14-11(12)13/h8-9,13-14H,2-7,10-12H2,1H3,(H,21,22);3-5H,6H2,1-2H3,(H4,12,13,14,15). The summed E-state index contributed by atoms with van der Waals surface area (Å²) < 4.78 is 28.8. The number of carbonyl (C=O) groups excluding carboxylic acids is 2. The number of amides is 2. The quantitative estimate of drug-likeness (QED) is 0.292.